The number of hydrogen-bond acceptors (Lipinski definition) is 4. The number of carbonyl (C=O) groups excluding carboxylic acids is 1. The Labute approximate surface area is 176 Å². The summed E-state index contributed by atoms with van der Waals surface area (Å²) >= 11 is 5.95. The maximum atomic E-state index is 13.0. The Morgan fingerprint density at radius 2 is 1.59 bits per heavy atom. The Kier molecular flexibility index (Phi) is 5.59. The van der Waals surface area contributed by atoms with E-state index in [9.17, 15) is 13.2 Å². The Bertz CT molecular complexity index is 989. The van der Waals surface area contributed by atoms with E-state index in [1.165, 1.54) is 10.4 Å². The standard InChI is InChI=1S/C20H25ClN4O3S/c1-22-15-18(29(27,28)25-8-2-3-9-25)14-19(22)20(26)24-12-10-23(11-13-24)17-6-4-16(21)5-7-17/h4-7,14-15H,2-3,8-13H2,1H3. The zero-order valence-electron chi connectivity index (χ0n) is 16.4. The van der Waals surface area contributed by atoms with Crippen LogP contribution >= 0.6 is 11.6 Å². The maximum absolute atomic E-state index is 13.0. The van der Waals surface area contributed by atoms with Crippen LogP contribution in [0.3, 0.4) is 0 Å². The van der Waals surface area contributed by atoms with Gasteiger partial charge in [0.1, 0.15) is 10.6 Å². The van der Waals surface area contributed by atoms with E-state index in [0.717, 1.165) is 31.6 Å². The van der Waals surface area contributed by atoms with Crippen LogP contribution in [0.2, 0.25) is 5.02 Å². The van der Waals surface area contributed by atoms with Gasteiger partial charge in [-0.1, -0.05) is 11.6 Å². The van der Waals surface area contributed by atoms with Crippen LogP contribution in [-0.2, 0) is 17.1 Å². The number of amides is 1. The van der Waals surface area contributed by atoms with Crippen molar-refractivity contribution < 1.29 is 13.2 Å². The van der Waals surface area contributed by atoms with Crippen molar-refractivity contribution in [3.63, 3.8) is 0 Å². The second kappa shape index (κ2) is 8.01. The van der Waals surface area contributed by atoms with Crippen LogP contribution in [-0.4, -0.2) is 67.4 Å². The number of hydrogen-bond donors (Lipinski definition) is 0. The summed E-state index contributed by atoms with van der Waals surface area (Å²) in [5, 5.41) is 0.700. The summed E-state index contributed by atoms with van der Waals surface area (Å²) in [6, 6.07) is 9.20. The van der Waals surface area contributed by atoms with Gasteiger partial charge in [-0.3, -0.25) is 4.79 Å². The third-order valence-electron chi connectivity index (χ3n) is 5.66. The number of benzene rings is 1. The fourth-order valence-electron chi connectivity index (χ4n) is 3.95. The predicted octanol–water partition coefficient (Wildman–Crippen LogP) is 2.43. The molecule has 1 aromatic heterocycles. The third kappa shape index (κ3) is 4.01. The molecule has 1 aromatic carbocycles. The van der Waals surface area contributed by atoms with E-state index in [-0.39, 0.29) is 10.8 Å². The zero-order valence-corrected chi connectivity index (χ0v) is 18.0. The number of piperazine rings is 1. The highest BCUT2D eigenvalue weighted by molar-refractivity contribution is 7.89. The number of carbonyl (C=O) groups is 1. The molecule has 0 bridgehead atoms. The molecule has 0 atom stereocenters. The van der Waals surface area contributed by atoms with Gasteiger partial charge in [-0.25, -0.2) is 8.42 Å². The summed E-state index contributed by atoms with van der Waals surface area (Å²) in [6.07, 6.45) is 3.32. The molecule has 3 heterocycles. The van der Waals surface area contributed by atoms with Crippen molar-refractivity contribution in [3.8, 4) is 0 Å². The van der Waals surface area contributed by atoms with Crippen molar-refractivity contribution in [2.45, 2.75) is 17.7 Å². The van der Waals surface area contributed by atoms with E-state index in [2.05, 4.69) is 4.90 Å². The van der Waals surface area contributed by atoms with Crippen LogP contribution in [0.15, 0.2) is 41.4 Å². The number of rotatable bonds is 4. The van der Waals surface area contributed by atoms with Crippen molar-refractivity contribution in [3.05, 3.63) is 47.2 Å². The molecular formula is C20H25ClN4O3S. The molecule has 0 spiro atoms. The average Bonchev–Trinajstić information content (AvgIpc) is 3.39. The Morgan fingerprint density at radius 3 is 2.21 bits per heavy atom. The molecule has 0 saturated carbocycles. The lowest BCUT2D eigenvalue weighted by atomic mass is 10.2. The smallest absolute Gasteiger partial charge is 0.270 e. The highest BCUT2D eigenvalue weighted by Gasteiger charge is 2.31. The van der Waals surface area contributed by atoms with E-state index < -0.39 is 10.0 Å². The molecule has 0 radical (unpaired) electrons. The first-order chi connectivity index (χ1) is 13.9. The van der Waals surface area contributed by atoms with Crippen LogP contribution < -0.4 is 4.90 Å². The molecule has 2 aromatic rings. The normalized spacial score (nSPS) is 18.4. The fourth-order valence-corrected chi connectivity index (χ4v) is 5.66. The average molecular weight is 437 g/mol. The molecule has 29 heavy (non-hydrogen) atoms. The number of nitrogens with zero attached hydrogens (tertiary/aromatic N) is 4. The topological polar surface area (TPSA) is 65.9 Å². The minimum absolute atomic E-state index is 0.133. The molecule has 2 saturated heterocycles. The van der Waals surface area contributed by atoms with E-state index >= 15 is 0 Å². The largest absolute Gasteiger partial charge is 0.368 e. The Morgan fingerprint density at radius 1 is 0.966 bits per heavy atom. The number of sulfonamides is 1. The van der Waals surface area contributed by atoms with Crippen LogP contribution in [0.25, 0.3) is 0 Å². The van der Waals surface area contributed by atoms with Gasteiger partial charge in [-0.05, 0) is 43.2 Å². The minimum atomic E-state index is -3.53. The van der Waals surface area contributed by atoms with Gasteiger partial charge in [0, 0.05) is 63.2 Å². The van der Waals surface area contributed by atoms with Crippen molar-refractivity contribution in [2.75, 3.05) is 44.2 Å². The molecule has 0 unspecified atom stereocenters. The number of aromatic nitrogens is 1. The predicted molar refractivity (Wildman–Crippen MR) is 113 cm³/mol. The first-order valence-electron chi connectivity index (χ1n) is 9.82. The Hall–Kier alpha value is -2.03. The lowest BCUT2D eigenvalue weighted by Crippen LogP contribution is -2.49. The molecule has 0 N–H and O–H groups in total. The van der Waals surface area contributed by atoms with Gasteiger partial charge < -0.3 is 14.4 Å². The molecule has 1 amide bonds. The highest BCUT2D eigenvalue weighted by Crippen LogP contribution is 2.24. The summed E-state index contributed by atoms with van der Waals surface area (Å²) in [5.74, 6) is -0.133. The fraction of sp³-hybridized carbons (Fsp3) is 0.450. The second-order valence-electron chi connectivity index (χ2n) is 7.54. The maximum Gasteiger partial charge on any atom is 0.270 e. The van der Waals surface area contributed by atoms with Gasteiger partial charge in [0.2, 0.25) is 10.0 Å². The molecule has 0 aliphatic carbocycles. The Balaban J connectivity index is 1.45. The van der Waals surface area contributed by atoms with Gasteiger partial charge in [-0.2, -0.15) is 4.31 Å². The highest BCUT2D eigenvalue weighted by atomic mass is 35.5. The van der Waals surface area contributed by atoms with E-state index in [4.69, 9.17) is 11.6 Å². The first kappa shape index (κ1) is 20.3. The van der Waals surface area contributed by atoms with Crippen LogP contribution in [0.1, 0.15) is 23.3 Å². The summed E-state index contributed by atoms with van der Waals surface area (Å²) in [4.78, 5) is 17.2. The molecule has 2 aliphatic heterocycles. The van der Waals surface area contributed by atoms with Gasteiger partial charge in [0.25, 0.3) is 5.91 Å². The van der Waals surface area contributed by atoms with Gasteiger partial charge in [0.15, 0.2) is 0 Å². The summed E-state index contributed by atoms with van der Waals surface area (Å²) in [5.41, 5.74) is 1.49. The lowest BCUT2D eigenvalue weighted by molar-refractivity contribution is 0.0737. The van der Waals surface area contributed by atoms with E-state index in [0.29, 0.717) is 36.9 Å². The summed E-state index contributed by atoms with van der Waals surface area (Å²) in [7, 11) is -1.81. The van der Waals surface area contributed by atoms with E-state index in [1.54, 1.807) is 22.7 Å². The second-order valence-corrected chi connectivity index (χ2v) is 9.91. The van der Waals surface area contributed by atoms with Crippen molar-refractivity contribution in [1.29, 1.82) is 0 Å². The van der Waals surface area contributed by atoms with Crippen molar-refractivity contribution in [1.82, 2.24) is 13.8 Å². The summed E-state index contributed by atoms with van der Waals surface area (Å²) < 4.78 is 28.7. The van der Waals surface area contributed by atoms with Crippen molar-refractivity contribution >= 4 is 33.2 Å². The van der Waals surface area contributed by atoms with Crippen molar-refractivity contribution in [2.24, 2.45) is 7.05 Å². The number of anilines is 1. The van der Waals surface area contributed by atoms with Crippen LogP contribution in [0, 0.1) is 0 Å². The molecule has 4 rings (SSSR count). The SMILES string of the molecule is Cn1cc(S(=O)(=O)N2CCCC2)cc1C(=O)N1CCN(c2ccc(Cl)cc2)CC1. The number of aryl methyl sites for hydroxylation is 1. The molecular weight excluding hydrogens is 412 g/mol. The molecule has 9 heteroatoms. The molecule has 2 aliphatic rings. The van der Waals surface area contributed by atoms with Crippen LogP contribution in [0.5, 0.6) is 0 Å². The molecule has 2 fully saturated rings. The van der Waals surface area contributed by atoms with E-state index in [1.807, 2.05) is 24.3 Å². The van der Waals surface area contributed by atoms with Gasteiger partial charge in [0.05, 0.1) is 0 Å². The molecule has 156 valence electrons. The first-order valence-corrected chi connectivity index (χ1v) is 11.6. The van der Waals surface area contributed by atoms with Gasteiger partial charge in [-0.15, -0.1) is 0 Å². The summed E-state index contributed by atoms with van der Waals surface area (Å²) in [6.45, 7) is 3.70. The van der Waals surface area contributed by atoms with Crippen LogP contribution in [0.4, 0.5) is 5.69 Å². The van der Waals surface area contributed by atoms with Gasteiger partial charge >= 0.3 is 0 Å². The molecule has 7 nitrogen and oxygen atoms in total. The third-order valence-corrected chi connectivity index (χ3v) is 7.78. The number of halogens is 1. The zero-order chi connectivity index (χ0) is 20.6. The minimum Gasteiger partial charge on any atom is -0.368 e. The monoisotopic (exact) mass is 436 g/mol. The lowest BCUT2D eigenvalue weighted by Gasteiger charge is -2.36. The quantitative estimate of drug-likeness (QED) is 0.738.